The van der Waals surface area contributed by atoms with E-state index in [2.05, 4.69) is 32.7 Å². The van der Waals surface area contributed by atoms with E-state index in [9.17, 15) is 0 Å². The van der Waals surface area contributed by atoms with Crippen molar-refractivity contribution in [3.63, 3.8) is 0 Å². The molecule has 3 nitrogen and oxygen atoms in total. The van der Waals surface area contributed by atoms with Crippen molar-refractivity contribution < 1.29 is 4.74 Å². The fourth-order valence-electron chi connectivity index (χ4n) is 1.63. The molecular weight excluding hydrogens is 244 g/mol. The van der Waals surface area contributed by atoms with E-state index in [0.717, 1.165) is 30.0 Å². The molecule has 0 spiro atoms. The van der Waals surface area contributed by atoms with E-state index in [0.29, 0.717) is 6.04 Å². The third-order valence-electron chi connectivity index (χ3n) is 2.38. The van der Waals surface area contributed by atoms with Crippen LogP contribution in [0.15, 0.2) is 22.8 Å². The van der Waals surface area contributed by atoms with Gasteiger partial charge in [-0.15, -0.1) is 0 Å². The Morgan fingerprint density at radius 2 is 2.50 bits per heavy atom. The van der Waals surface area contributed by atoms with Crippen molar-refractivity contribution >= 4 is 21.7 Å². The average molecular weight is 257 g/mol. The predicted octanol–water partition coefficient (Wildman–Crippen LogP) is 2.07. The Hall–Kier alpha value is -0.610. The quantitative estimate of drug-likeness (QED) is 0.770. The van der Waals surface area contributed by atoms with Gasteiger partial charge in [0.15, 0.2) is 0 Å². The van der Waals surface area contributed by atoms with Gasteiger partial charge in [0.2, 0.25) is 0 Å². The average Bonchev–Trinajstić information content (AvgIpc) is 2.20. The molecule has 1 saturated heterocycles. The second-order valence-corrected chi connectivity index (χ2v) is 4.28. The SMILES string of the molecule is CC1COCCN1c1ncccc1Br. The predicted molar refractivity (Wildman–Crippen MR) is 59.6 cm³/mol. The first-order valence-electron chi connectivity index (χ1n) is 4.74. The summed E-state index contributed by atoms with van der Waals surface area (Å²) in [5.74, 6) is 1.02. The maximum atomic E-state index is 5.39. The lowest BCUT2D eigenvalue weighted by atomic mass is 10.2. The van der Waals surface area contributed by atoms with Crippen LogP contribution in [0.25, 0.3) is 0 Å². The summed E-state index contributed by atoms with van der Waals surface area (Å²) in [7, 11) is 0. The van der Waals surface area contributed by atoms with E-state index >= 15 is 0 Å². The van der Waals surface area contributed by atoms with Crippen LogP contribution in [0, 0.1) is 0 Å². The molecule has 0 saturated carbocycles. The maximum absolute atomic E-state index is 5.39. The van der Waals surface area contributed by atoms with Gasteiger partial charge in [0.1, 0.15) is 5.82 Å². The van der Waals surface area contributed by atoms with E-state index in [-0.39, 0.29) is 0 Å². The summed E-state index contributed by atoms with van der Waals surface area (Å²) < 4.78 is 6.44. The molecule has 2 rings (SSSR count). The standard InChI is InChI=1S/C10H13BrN2O/c1-8-7-14-6-5-13(8)10-9(11)3-2-4-12-10/h2-4,8H,5-7H2,1H3. The Bertz CT molecular complexity index is 319. The summed E-state index contributed by atoms with van der Waals surface area (Å²) in [6.07, 6.45) is 1.82. The monoisotopic (exact) mass is 256 g/mol. The Kier molecular flexibility index (Phi) is 3.03. The van der Waals surface area contributed by atoms with E-state index < -0.39 is 0 Å². The minimum atomic E-state index is 0.398. The summed E-state index contributed by atoms with van der Waals surface area (Å²) in [4.78, 5) is 6.65. The van der Waals surface area contributed by atoms with Crippen LogP contribution in [0.2, 0.25) is 0 Å². The molecule has 0 N–H and O–H groups in total. The fourth-order valence-corrected chi connectivity index (χ4v) is 2.11. The number of ether oxygens (including phenoxy) is 1. The highest BCUT2D eigenvalue weighted by Crippen LogP contribution is 2.25. The van der Waals surface area contributed by atoms with Crippen molar-refractivity contribution in [1.29, 1.82) is 0 Å². The lowest BCUT2D eigenvalue weighted by Gasteiger charge is -2.34. The van der Waals surface area contributed by atoms with Crippen molar-refractivity contribution in [2.75, 3.05) is 24.7 Å². The number of pyridine rings is 1. The van der Waals surface area contributed by atoms with E-state index in [1.54, 1.807) is 0 Å². The third-order valence-corrected chi connectivity index (χ3v) is 3.00. The number of aromatic nitrogens is 1. The molecule has 1 aromatic heterocycles. The van der Waals surface area contributed by atoms with Crippen LogP contribution in [0.3, 0.4) is 0 Å². The van der Waals surface area contributed by atoms with Crippen LogP contribution in [0.1, 0.15) is 6.92 Å². The molecule has 1 fully saturated rings. The van der Waals surface area contributed by atoms with Gasteiger partial charge in [0, 0.05) is 12.7 Å². The number of halogens is 1. The molecule has 0 bridgehead atoms. The second-order valence-electron chi connectivity index (χ2n) is 3.43. The molecule has 0 aliphatic carbocycles. The molecule has 1 unspecified atom stereocenters. The molecule has 1 atom stereocenters. The van der Waals surface area contributed by atoms with Gasteiger partial charge in [-0.25, -0.2) is 4.98 Å². The number of anilines is 1. The van der Waals surface area contributed by atoms with E-state index in [1.165, 1.54) is 0 Å². The topological polar surface area (TPSA) is 25.4 Å². The number of hydrogen-bond donors (Lipinski definition) is 0. The summed E-state index contributed by atoms with van der Waals surface area (Å²) in [6, 6.07) is 4.35. The van der Waals surface area contributed by atoms with Crippen LogP contribution in [0.5, 0.6) is 0 Å². The second kappa shape index (κ2) is 4.28. The minimum Gasteiger partial charge on any atom is -0.377 e. The number of nitrogens with zero attached hydrogens (tertiary/aromatic N) is 2. The Morgan fingerprint density at radius 1 is 1.64 bits per heavy atom. The van der Waals surface area contributed by atoms with Gasteiger partial charge < -0.3 is 9.64 Å². The van der Waals surface area contributed by atoms with Gasteiger partial charge in [-0.2, -0.15) is 0 Å². The summed E-state index contributed by atoms with van der Waals surface area (Å²) in [5, 5.41) is 0. The first-order valence-corrected chi connectivity index (χ1v) is 5.53. The lowest BCUT2D eigenvalue weighted by molar-refractivity contribution is 0.0984. The number of hydrogen-bond acceptors (Lipinski definition) is 3. The number of morpholine rings is 1. The van der Waals surface area contributed by atoms with Gasteiger partial charge in [-0.1, -0.05) is 0 Å². The maximum Gasteiger partial charge on any atom is 0.143 e. The molecule has 4 heteroatoms. The molecule has 0 radical (unpaired) electrons. The van der Waals surface area contributed by atoms with Gasteiger partial charge in [0.05, 0.1) is 23.7 Å². The van der Waals surface area contributed by atoms with Gasteiger partial charge in [-0.3, -0.25) is 0 Å². The Labute approximate surface area is 92.2 Å². The zero-order valence-corrected chi connectivity index (χ0v) is 9.70. The molecule has 1 aliphatic heterocycles. The Balaban J connectivity index is 2.25. The van der Waals surface area contributed by atoms with Gasteiger partial charge >= 0.3 is 0 Å². The zero-order chi connectivity index (χ0) is 9.97. The largest absolute Gasteiger partial charge is 0.377 e. The minimum absolute atomic E-state index is 0.398. The van der Waals surface area contributed by atoms with Crippen LogP contribution >= 0.6 is 15.9 Å². The van der Waals surface area contributed by atoms with Crippen LogP contribution in [-0.4, -0.2) is 30.8 Å². The molecule has 1 aliphatic rings. The van der Waals surface area contributed by atoms with Crippen molar-refractivity contribution in [3.05, 3.63) is 22.8 Å². The van der Waals surface area contributed by atoms with Crippen molar-refractivity contribution in [3.8, 4) is 0 Å². The van der Waals surface area contributed by atoms with Gasteiger partial charge in [0.25, 0.3) is 0 Å². The van der Waals surface area contributed by atoms with Crippen molar-refractivity contribution in [2.45, 2.75) is 13.0 Å². The van der Waals surface area contributed by atoms with Crippen LogP contribution in [-0.2, 0) is 4.74 Å². The van der Waals surface area contributed by atoms with Crippen molar-refractivity contribution in [1.82, 2.24) is 4.98 Å². The molecule has 2 heterocycles. The van der Waals surface area contributed by atoms with Gasteiger partial charge in [-0.05, 0) is 35.0 Å². The Morgan fingerprint density at radius 3 is 3.21 bits per heavy atom. The zero-order valence-electron chi connectivity index (χ0n) is 8.11. The molecule has 0 aromatic carbocycles. The summed E-state index contributed by atoms with van der Waals surface area (Å²) >= 11 is 3.51. The molecule has 1 aromatic rings. The highest BCUT2D eigenvalue weighted by molar-refractivity contribution is 9.10. The molecule has 14 heavy (non-hydrogen) atoms. The number of rotatable bonds is 1. The smallest absolute Gasteiger partial charge is 0.143 e. The summed E-state index contributed by atoms with van der Waals surface area (Å²) in [6.45, 7) is 4.63. The fraction of sp³-hybridized carbons (Fsp3) is 0.500. The summed E-state index contributed by atoms with van der Waals surface area (Å²) in [5.41, 5.74) is 0. The van der Waals surface area contributed by atoms with Crippen LogP contribution in [0.4, 0.5) is 5.82 Å². The van der Waals surface area contributed by atoms with E-state index in [1.807, 2.05) is 18.3 Å². The van der Waals surface area contributed by atoms with Crippen LogP contribution < -0.4 is 4.90 Å². The highest BCUT2D eigenvalue weighted by Gasteiger charge is 2.21. The van der Waals surface area contributed by atoms with E-state index in [4.69, 9.17) is 4.74 Å². The lowest BCUT2D eigenvalue weighted by Crippen LogP contribution is -2.44. The first-order chi connectivity index (χ1) is 6.79. The highest BCUT2D eigenvalue weighted by atomic mass is 79.9. The normalized spacial score (nSPS) is 22.4. The van der Waals surface area contributed by atoms with Crippen molar-refractivity contribution in [2.24, 2.45) is 0 Å². The third kappa shape index (κ3) is 1.91. The first kappa shape index (κ1) is 9.93. The molecular formula is C10H13BrN2O. The molecule has 76 valence electrons. The molecule has 0 amide bonds.